The number of benzene rings is 1. The minimum atomic E-state index is -1.93. The van der Waals surface area contributed by atoms with E-state index in [1.54, 1.807) is 31.2 Å². The summed E-state index contributed by atoms with van der Waals surface area (Å²) in [5.74, 6) is -1.35. The lowest BCUT2D eigenvalue weighted by Gasteiger charge is -2.20. The van der Waals surface area contributed by atoms with E-state index in [-0.39, 0.29) is 12.6 Å². The van der Waals surface area contributed by atoms with Gasteiger partial charge in [0.05, 0.1) is 6.04 Å². The first-order valence-corrected chi connectivity index (χ1v) is 7.47. The molecule has 0 saturated heterocycles. The Morgan fingerprint density at radius 3 is 1.91 bits per heavy atom. The van der Waals surface area contributed by atoms with Gasteiger partial charge in [0.2, 0.25) is 0 Å². The predicted octanol–water partition coefficient (Wildman–Crippen LogP) is 2.98. The van der Waals surface area contributed by atoms with Crippen molar-refractivity contribution in [2.24, 2.45) is 0 Å². The number of carbonyl (C=O) groups is 2. The van der Waals surface area contributed by atoms with Crippen LogP contribution in [0.1, 0.15) is 51.8 Å². The van der Waals surface area contributed by atoms with E-state index in [0.717, 1.165) is 11.1 Å². The third-order valence-corrected chi connectivity index (χ3v) is 3.36. The summed E-state index contributed by atoms with van der Waals surface area (Å²) in [6, 6.07) is 6.75. The maximum atomic E-state index is 13.5. The number of carbonyl (C=O) groups excluding carboxylic acids is 2. The van der Waals surface area contributed by atoms with Crippen molar-refractivity contribution < 1.29 is 18.4 Å². The van der Waals surface area contributed by atoms with E-state index < -0.39 is 23.2 Å². The lowest BCUT2D eigenvalue weighted by molar-refractivity contribution is -0.131. The zero-order valence-electron chi connectivity index (χ0n) is 14.2. The second-order valence-electron chi connectivity index (χ2n) is 6.56. The van der Waals surface area contributed by atoms with E-state index in [1.807, 2.05) is 0 Å². The van der Waals surface area contributed by atoms with Crippen LogP contribution in [0.25, 0.3) is 0 Å². The maximum Gasteiger partial charge on any atom is 0.257 e. The van der Waals surface area contributed by atoms with Gasteiger partial charge in [0.15, 0.2) is 11.3 Å². The highest BCUT2D eigenvalue weighted by atomic mass is 19.1. The van der Waals surface area contributed by atoms with Gasteiger partial charge in [-0.1, -0.05) is 24.3 Å². The average molecular weight is 326 g/mol. The van der Waals surface area contributed by atoms with Gasteiger partial charge < -0.3 is 10.6 Å². The second kappa shape index (κ2) is 7.06. The van der Waals surface area contributed by atoms with Crippen LogP contribution in [0, 0.1) is 0 Å². The first-order chi connectivity index (χ1) is 10.4. The molecule has 128 valence electrons. The van der Waals surface area contributed by atoms with Gasteiger partial charge in [-0.25, -0.2) is 8.78 Å². The van der Waals surface area contributed by atoms with E-state index in [9.17, 15) is 18.4 Å². The van der Waals surface area contributed by atoms with Crippen molar-refractivity contribution in [2.45, 2.75) is 58.5 Å². The van der Waals surface area contributed by atoms with Crippen molar-refractivity contribution in [3.63, 3.8) is 0 Å². The number of halogens is 2. The SMILES string of the molecule is CC(NC(=O)C(C)(C)F)c1ccc(CNC(=O)C(C)(C)F)cc1. The van der Waals surface area contributed by atoms with Crippen molar-refractivity contribution in [3.8, 4) is 0 Å². The lowest BCUT2D eigenvalue weighted by atomic mass is 10.0. The molecular weight excluding hydrogens is 302 g/mol. The minimum absolute atomic E-state index is 0.213. The number of nitrogens with one attached hydrogen (secondary N) is 2. The average Bonchev–Trinajstić information content (AvgIpc) is 2.43. The molecule has 0 bridgehead atoms. The Labute approximate surface area is 135 Å². The number of amides is 2. The molecule has 0 radical (unpaired) electrons. The normalized spacial score (nSPS) is 13.3. The summed E-state index contributed by atoms with van der Waals surface area (Å²) in [5, 5.41) is 5.10. The van der Waals surface area contributed by atoms with Crippen LogP contribution in [0.4, 0.5) is 8.78 Å². The van der Waals surface area contributed by atoms with Crippen LogP contribution in [-0.2, 0) is 16.1 Å². The smallest absolute Gasteiger partial charge is 0.257 e. The molecule has 2 N–H and O–H groups in total. The Kier molecular flexibility index (Phi) is 5.86. The Morgan fingerprint density at radius 2 is 1.48 bits per heavy atom. The molecule has 0 aromatic heterocycles. The molecule has 1 aromatic carbocycles. The Morgan fingerprint density at radius 1 is 1.00 bits per heavy atom. The molecule has 23 heavy (non-hydrogen) atoms. The van der Waals surface area contributed by atoms with Crippen molar-refractivity contribution in [3.05, 3.63) is 35.4 Å². The van der Waals surface area contributed by atoms with Gasteiger partial charge in [-0.05, 0) is 45.7 Å². The molecule has 1 rings (SSSR count). The highest BCUT2D eigenvalue weighted by Crippen LogP contribution is 2.16. The molecule has 0 aliphatic carbocycles. The molecular formula is C17H24F2N2O2. The predicted molar refractivity (Wildman–Crippen MR) is 85.2 cm³/mol. The monoisotopic (exact) mass is 326 g/mol. The summed E-state index contributed by atoms with van der Waals surface area (Å²) in [4.78, 5) is 23.1. The number of rotatable bonds is 6. The number of hydrogen-bond donors (Lipinski definition) is 2. The Balaban J connectivity index is 2.63. The summed E-state index contributed by atoms with van der Waals surface area (Å²) in [6.07, 6.45) is 0. The van der Waals surface area contributed by atoms with Gasteiger partial charge in [0.1, 0.15) is 0 Å². The van der Waals surface area contributed by atoms with Gasteiger partial charge >= 0.3 is 0 Å². The molecule has 6 heteroatoms. The topological polar surface area (TPSA) is 58.2 Å². The summed E-state index contributed by atoms with van der Waals surface area (Å²) < 4.78 is 26.9. The highest BCUT2D eigenvalue weighted by molar-refractivity contribution is 5.84. The zero-order valence-corrected chi connectivity index (χ0v) is 14.2. The fraction of sp³-hybridized carbons (Fsp3) is 0.529. The third kappa shape index (κ3) is 5.96. The summed E-state index contributed by atoms with van der Waals surface area (Å²) in [7, 11) is 0. The van der Waals surface area contributed by atoms with E-state index in [4.69, 9.17) is 0 Å². The Hall–Kier alpha value is -1.98. The standard InChI is InChI=1S/C17H24F2N2O2/c1-11(21-15(23)17(4,5)19)13-8-6-12(7-9-13)10-20-14(22)16(2,3)18/h6-9,11H,10H2,1-5H3,(H,20,22)(H,21,23). The van der Waals surface area contributed by atoms with Crippen molar-refractivity contribution in [1.29, 1.82) is 0 Å². The molecule has 0 saturated carbocycles. The van der Waals surface area contributed by atoms with E-state index in [1.165, 1.54) is 27.7 Å². The van der Waals surface area contributed by atoms with Crippen molar-refractivity contribution >= 4 is 11.8 Å². The van der Waals surface area contributed by atoms with Crippen LogP contribution in [0.5, 0.6) is 0 Å². The van der Waals surface area contributed by atoms with Gasteiger partial charge in [0.25, 0.3) is 11.8 Å². The second-order valence-corrected chi connectivity index (χ2v) is 6.56. The molecule has 4 nitrogen and oxygen atoms in total. The first kappa shape index (κ1) is 19.1. The molecule has 1 unspecified atom stereocenters. The van der Waals surface area contributed by atoms with Gasteiger partial charge in [-0.15, -0.1) is 0 Å². The molecule has 1 atom stereocenters. The van der Waals surface area contributed by atoms with E-state index in [2.05, 4.69) is 10.6 Å². The molecule has 0 aliphatic heterocycles. The molecule has 0 spiro atoms. The minimum Gasteiger partial charge on any atom is -0.349 e. The van der Waals surface area contributed by atoms with Gasteiger partial charge in [0, 0.05) is 6.54 Å². The summed E-state index contributed by atoms with van der Waals surface area (Å²) in [6.45, 7) is 6.77. The quantitative estimate of drug-likeness (QED) is 0.844. The van der Waals surface area contributed by atoms with Gasteiger partial charge in [-0.3, -0.25) is 9.59 Å². The number of alkyl halides is 2. The van der Waals surface area contributed by atoms with Crippen molar-refractivity contribution in [2.75, 3.05) is 0 Å². The lowest BCUT2D eigenvalue weighted by Crippen LogP contribution is -2.40. The third-order valence-electron chi connectivity index (χ3n) is 3.36. The summed E-state index contributed by atoms with van der Waals surface area (Å²) >= 11 is 0. The van der Waals surface area contributed by atoms with E-state index >= 15 is 0 Å². The molecule has 0 fully saturated rings. The van der Waals surface area contributed by atoms with Crippen LogP contribution < -0.4 is 10.6 Å². The fourth-order valence-electron chi connectivity index (χ4n) is 1.77. The highest BCUT2D eigenvalue weighted by Gasteiger charge is 2.28. The van der Waals surface area contributed by atoms with Crippen LogP contribution >= 0.6 is 0 Å². The molecule has 0 aliphatic rings. The maximum absolute atomic E-state index is 13.5. The molecule has 1 aromatic rings. The van der Waals surface area contributed by atoms with Gasteiger partial charge in [-0.2, -0.15) is 0 Å². The van der Waals surface area contributed by atoms with E-state index in [0.29, 0.717) is 0 Å². The Bertz CT molecular complexity index is 557. The van der Waals surface area contributed by atoms with Crippen molar-refractivity contribution in [1.82, 2.24) is 10.6 Å². The fourth-order valence-corrected chi connectivity index (χ4v) is 1.77. The zero-order chi connectivity index (χ0) is 17.8. The van der Waals surface area contributed by atoms with Crippen LogP contribution in [0.15, 0.2) is 24.3 Å². The van der Waals surface area contributed by atoms with Crippen LogP contribution in [0.3, 0.4) is 0 Å². The number of hydrogen-bond acceptors (Lipinski definition) is 2. The van der Waals surface area contributed by atoms with Crippen LogP contribution in [0.2, 0.25) is 0 Å². The molecule has 2 amide bonds. The summed E-state index contributed by atoms with van der Waals surface area (Å²) in [5.41, 5.74) is -2.24. The first-order valence-electron chi connectivity index (χ1n) is 7.47. The van der Waals surface area contributed by atoms with Crippen LogP contribution in [-0.4, -0.2) is 23.2 Å². The largest absolute Gasteiger partial charge is 0.349 e. The molecule has 0 heterocycles.